The van der Waals surface area contributed by atoms with Crippen LogP contribution in [-0.2, 0) is 0 Å². The van der Waals surface area contributed by atoms with Gasteiger partial charge in [0.25, 0.3) is 5.91 Å². The average Bonchev–Trinajstić information content (AvgIpc) is 2.64. The first-order chi connectivity index (χ1) is 9.08. The van der Waals surface area contributed by atoms with Crippen molar-refractivity contribution in [2.45, 2.75) is 49.5 Å². The van der Waals surface area contributed by atoms with Crippen LogP contribution in [0, 0.1) is 6.92 Å². The molecule has 1 amide bonds. The van der Waals surface area contributed by atoms with Gasteiger partial charge in [0.2, 0.25) is 0 Å². The Labute approximate surface area is 127 Å². The zero-order chi connectivity index (χ0) is 13.6. The van der Waals surface area contributed by atoms with Crippen LogP contribution in [0.3, 0.4) is 0 Å². The molecule has 102 valence electrons. The lowest BCUT2D eigenvalue weighted by molar-refractivity contribution is 0.0603. The van der Waals surface area contributed by atoms with Crippen molar-refractivity contribution in [3.05, 3.63) is 34.3 Å². The summed E-state index contributed by atoms with van der Waals surface area (Å²) in [5.41, 5.74) is 1.66. The summed E-state index contributed by atoms with van der Waals surface area (Å²) in [5, 5.41) is 0.675. The number of piperidine rings is 1. The van der Waals surface area contributed by atoms with E-state index in [1.807, 2.05) is 25.1 Å². The van der Waals surface area contributed by atoms with Crippen molar-refractivity contribution in [1.29, 1.82) is 0 Å². The lowest BCUT2D eigenvalue weighted by atomic mass is 10.00. The zero-order valence-corrected chi connectivity index (χ0v) is 13.2. The third kappa shape index (κ3) is 2.31. The fourth-order valence-electron chi connectivity index (χ4n) is 3.42. The van der Waals surface area contributed by atoms with Crippen molar-refractivity contribution in [2.24, 2.45) is 0 Å². The molecule has 19 heavy (non-hydrogen) atoms. The van der Waals surface area contributed by atoms with Crippen molar-refractivity contribution in [3.8, 4) is 0 Å². The van der Waals surface area contributed by atoms with Crippen molar-refractivity contribution < 1.29 is 4.79 Å². The standard InChI is InChI=1S/C15H17BrClNO/c1-9-13(3-2-4-14(9)17)15(19)18-11-5-6-12(18)8-10(16)7-11/h2-4,10-12H,5-8H2,1H3. The maximum Gasteiger partial charge on any atom is 0.254 e. The highest BCUT2D eigenvalue weighted by Gasteiger charge is 2.42. The van der Waals surface area contributed by atoms with Gasteiger partial charge in [0.1, 0.15) is 0 Å². The van der Waals surface area contributed by atoms with Crippen LogP contribution in [0.25, 0.3) is 0 Å². The Bertz CT molecular complexity index is 505. The number of nitrogens with zero attached hydrogens (tertiary/aromatic N) is 1. The summed E-state index contributed by atoms with van der Waals surface area (Å²) in [7, 11) is 0. The molecule has 1 aromatic carbocycles. The van der Waals surface area contributed by atoms with E-state index in [2.05, 4.69) is 20.8 Å². The molecule has 2 aliphatic rings. The number of amides is 1. The van der Waals surface area contributed by atoms with E-state index in [9.17, 15) is 4.79 Å². The Morgan fingerprint density at radius 1 is 1.32 bits per heavy atom. The minimum Gasteiger partial charge on any atom is -0.333 e. The highest BCUT2D eigenvalue weighted by Crippen LogP contribution is 2.39. The molecule has 3 rings (SSSR count). The number of alkyl halides is 1. The van der Waals surface area contributed by atoms with E-state index in [4.69, 9.17) is 11.6 Å². The van der Waals surface area contributed by atoms with Gasteiger partial charge in [0, 0.05) is 27.5 Å². The van der Waals surface area contributed by atoms with Crippen molar-refractivity contribution in [1.82, 2.24) is 4.90 Å². The molecule has 2 aliphatic heterocycles. The molecular weight excluding hydrogens is 326 g/mol. The van der Waals surface area contributed by atoms with Gasteiger partial charge in [0.15, 0.2) is 0 Å². The summed E-state index contributed by atoms with van der Waals surface area (Å²) in [6.07, 6.45) is 4.42. The summed E-state index contributed by atoms with van der Waals surface area (Å²) < 4.78 is 0. The quantitative estimate of drug-likeness (QED) is 0.701. The molecule has 2 unspecified atom stereocenters. The summed E-state index contributed by atoms with van der Waals surface area (Å²) in [5.74, 6) is 0.159. The SMILES string of the molecule is Cc1c(Cl)cccc1C(=O)N1C2CCC1CC(Br)C2. The highest BCUT2D eigenvalue weighted by atomic mass is 79.9. The van der Waals surface area contributed by atoms with E-state index in [-0.39, 0.29) is 5.91 Å². The summed E-state index contributed by atoms with van der Waals surface area (Å²) >= 11 is 9.84. The van der Waals surface area contributed by atoms with E-state index < -0.39 is 0 Å². The lowest BCUT2D eigenvalue weighted by Gasteiger charge is -2.37. The van der Waals surface area contributed by atoms with Crippen LogP contribution in [0.2, 0.25) is 5.02 Å². The fraction of sp³-hybridized carbons (Fsp3) is 0.533. The monoisotopic (exact) mass is 341 g/mol. The second-order valence-electron chi connectivity index (χ2n) is 5.58. The fourth-order valence-corrected chi connectivity index (χ4v) is 4.46. The van der Waals surface area contributed by atoms with Gasteiger partial charge in [-0.1, -0.05) is 33.6 Å². The zero-order valence-electron chi connectivity index (χ0n) is 10.9. The largest absolute Gasteiger partial charge is 0.333 e. The van der Waals surface area contributed by atoms with E-state index in [1.165, 1.54) is 0 Å². The normalized spacial score (nSPS) is 29.6. The summed E-state index contributed by atoms with van der Waals surface area (Å²) in [6.45, 7) is 1.93. The molecule has 4 heteroatoms. The molecule has 2 atom stereocenters. The van der Waals surface area contributed by atoms with Crippen LogP contribution in [0.4, 0.5) is 0 Å². The molecule has 2 fully saturated rings. The van der Waals surface area contributed by atoms with E-state index in [0.717, 1.165) is 36.8 Å². The molecule has 0 radical (unpaired) electrons. The molecule has 0 spiro atoms. The number of rotatable bonds is 1. The molecule has 2 heterocycles. The smallest absolute Gasteiger partial charge is 0.254 e. The minimum atomic E-state index is 0.159. The van der Waals surface area contributed by atoms with Crippen LogP contribution in [0.1, 0.15) is 41.6 Å². The predicted molar refractivity (Wildman–Crippen MR) is 81.1 cm³/mol. The van der Waals surface area contributed by atoms with E-state index >= 15 is 0 Å². The first-order valence-electron chi connectivity index (χ1n) is 6.79. The Balaban J connectivity index is 1.91. The van der Waals surface area contributed by atoms with Crippen molar-refractivity contribution in [2.75, 3.05) is 0 Å². The molecule has 0 aliphatic carbocycles. The average molecular weight is 343 g/mol. The number of fused-ring (bicyclic) bond motifs is 2. The maximum absolute atomic E-state index is 12.8. The maximum atomic E-state index is 12.8. The Hall–Kier alpha value is -0.540. The first kappa shape index (κ1) is 13.4. The van der Waals surface area contributed by atoms with Crippen LogP contribution in [0.5, 0.6) is 0 Å². The van der Waals surface area contributed by atoms with Gasteiger partial charge in [-0.2, -0.15) is 0 Å². The van der Waals surface area contributed by atoms with Gasteiger partial charge in [-0.05, 0) is 50.3 Å². The second kappa shape index (κ2) is 5.10. The third-order valence-corrected chi connectivity index (χ3v) is 5.57. The van der Waals surface area contributed by atoms with E-state index in [1.54, 1.807) is 0 Å². The molecule has 2 nitrogen and oxygen atoms in total. The number of halogens is 2. The molecule has 0 aromatic heterocycles. The topological polar surface area (TPSA) is 20.3 Å². The van der Waals surface area contributed by atoms with Gasteiger partial charge < -0.3 is 4.90 Å². The van der Waals surface area contributed by atoms with Gasteiger partial charge in [-0.3, -0.25) is 4.79 Å². The number of hydrogen-bond acceptors (Lipinski definition) is 1. The number of benzene rings is 1. The third-order valence-electron chi connectivity index (χ3n) is 4.41. The number of hydrogen-bond donors (Lipinski definition) is 0. The molecule has 2 bridgehead atoms. The van der Waals surface area contributed by atoms with Gasteiger partial charge >= 0.3 is 0 Å². The Morgan fingerprint density at radius 3 is 2.58 bits per heavy atom. The first-order valence-corrected chi connectivity index (χ1v) is 8.09. The minimum absolute atomic E-state index is 0.159. The summed E-state index contributed by atoms with van der Waals surface area (Å²) in [6, 6.07) is 6.39. The molecule has 0 saturated carbocycles. The van der Waals surface area contributed by atoms with Gasteiger partial charge in [-0.25, -0.2) is 0 Å². The molecule has 2 saturated heterocycles. The van der Waals surface area contributed by atoms with Crippen LogP contribution >= 0.6 is 27.5 Å². The van der Waals surface area contributed by atoms with Crippen LogP contribution in [0.15, 0.2) is 18.2 Å². The van der Waals surface area contributed by atoms with Gasteiger partial charge in [-0.15, -0.1) is 0 Å². The lowest BCUT2D eigenvalue weighted by Crippen LogP contribution is -2.47. The Kier molecular flexibility index (Phi) is 3.61. The van der Waals surface area contributed by atoms with Gasteiger partial charge in [0.05, 0.1) is 0 Å². The Morgan fingerprint density at radius 2 is 1.95 bits per heavy atom. The van der Waals surface area contributed by atoms with E-state index in [0.29, 0.717) is 21.9 Å². The molecular formula is C15H17BrClNO. The number of carbonyl (C=O) groups is 1. The van der Waals surface area contributed by atoms with Crippen LogP contribution in [-0.4, -0.2) is 27.7 Å². The molecule has 1 aromatic rings. The highest BCUT2D eigenvalue weighted by molar-refractivity contribution is 9.09. The predicted octanol–water partition coefficient (Wildman–Crippen LogP) is 4.18. The summed E-state index contributed by atoms with van der Waals surface area (Å²) in [4.78, 5) is 15.5. The second-order valence-corrected chi connectivity index (χ2v) is 7.28. The van der Waals surface area contributed by atoms with Crippen molar-refractivity contribution in [3.63, 3.8) is 0 Å². The number of carbonyl (C=O) groups excluding carboxylic acids is 1. The molecule has 0 N–H and O–H groups in total. The van der Waals surface area contributed by atoms with Crippen LogP contribution < -0.4 is 0 Å². The van der Waals surface area contributed by atoms with Crippen molar-refractivity contribution >= 4 is 33.4 Å².